The number of fused-ring (bicyclic) bond motifs is 1. The van der Waals surface area contributed by atoms with E-state index in [0.717, 1.165) is 5.56 Å². The summed E-state index contributed by atoms with van der Waals surface area (Å²) in [5.41, 5.74) is 2.76. The first-order chi connectivity index (χ1) is 16.2. The van der Waals surface area contributed by atoms with Crippen LogP contribution in [0, 0.1) is 13.8 Å². The highest BCUT2D eigenvalue weighted by Gasteiger charge is 2.46. The molecule has 10 heteroatoms. The highest BCUT2D eigenvalue weighted by Crippen LogP contribution is 2.44. The van der Waals surface area contributed by atoms with Crippen LogP contribution in [-0.4, -0.2) is 63.6 Å². The third kappa shape index (κ3) is 3.72. The van der Waals surface area contributed by atoms with Crippen LogP contribution in [0.1, 0.15) is 28.6 Å². The van der Waals surface area contributed by atoms with Crippen molar-refractivity contribution in [3.05, 3.63) is 63.0 Å². The number of likely N-dealkylation sites (tertiary alicyclic amines) is 1. The molecule has 3 aromatic rings. The minimum atomic E-state index is -0.939. The number of nitrogens with zero attached hydrogens (tertiary/aromatic N) is 3. The van der Waals surface area contributed by atoms with Gasteiger partial charge in [-0.25, -0.2) is 4.98 Å². The first-order valence-electron chi connectivity index (χ1n) is 10.5. The number of hydrogen-bond acceptors (Lipinski definition) is 7. The maximum atomic E-state index is 13.2. The molecule has 1 aliphatic heterocycles. The number of carbonyl (C=O) groups excluding carboxylic acids is 2. The second kappa shape index (κ2) is 9.11. The van der Waals surface area contributed by atoms with E-state index < -0.39 is 17.7 Å². The molecular weight excluding hydrogens is 506 g/mol. The van der Waals surface area contributed by atoms with Gasteiger partial charge in [0.2, 0.25) is 0 Å². The number of rotatable bonds is 6. The van der Waals surface area contributed by atoms with Gasteiger partial charge >= 0.3 is 0 Å². The fourth-order valence-electron chi connectivity index (χ4n) is 4.23. The number of benzene rings is 1. The molecule has 0 radical (unpaired) electrons. The lowest BCUT2D eigenvalue weighted by Crippen LogP contribution is -2.32. The quantitative estimate of drug-likeness (QED) is 0.285. The van der Waals surface area contributed by atoms with Gasteiger partial charge in [0.25, 0.3) is 11.7 Å². The van der Waals surface area contributed by atoms with Crippen LogP contribution in [0.2, 0.25) is 0 Å². The predicted molar refractivity (Wildman–Crippen MR) is 128 cm³/mol. The van der Waals surface area contributed by atoms with Gasteiger partial charge in [0.05, 0.1) is 35.5 Å². The molecule has 3 heterocycles. The van der Waals surface area contributed by atoms with E-state index in [1.165, 1.54) is 25.2 Å². The maximum Gasteiger partial charge on any atom is 0.295 e. The Labute approximate surface area is 204 Å². The Morgan fingerprint density at radius 3 is 2.62 bits per heavy atom. The van der Waals surface area contributed by atoms with Crippen molar-refractivity contribution in [2.45, 2.75) is 19.9 Å². The lowest BCUT2D eigenvalue weighted by Gasteiger charge is -2.25. The normalized spacial score (nSPS) is 17.7. The van der Waals surface area contributed by atoms with E-state index in [1.807, 2.05) is 29.7 Å². The summed E-state index contributed by atoms with van der Waals surface area (Å²) in [6.45, 7) is 3.99. The van der Waals surface area contributed by atoms with Gasteiger partial charge in [-0.1, -0.05) is 6.07 Å². The number of hydrogen-bond donors (Lipinski definition) is 2. The zero-order chi connectivity index (χ0) is 24.7. The van der Waals surface area contributed by atoms with Crippen molar-refractivity contribution in [1.82, 2.24) is 14.3 Å². The number of methoxy groups -OCH3 is 2. The van der Waals surface area contributed by atoms with Crippen LogP contribution < -0.4 is 4.74 Å². The number of Topliss-reactive ketones (excluding diaryl/α,β-unsaturated/α-hetero) is 1. The van der Waals surface area contributed by atoms with E-state index in [2.05, 4.69) is 20.9 Å². The maximum absolute atomic E-state index is 13.2. The molecule has 0 aliphatic carbocycles. The summed E-state index contributed by atoms with van der Waals surface area (Å²) in [5, 5.41) is 21.6. The number of pyridine rings is 1. The Kier molecular flexibility index (Phi) is 6.37. The Bertz CT molecular complexity index is 1350. The third-order valence-corrected chi connectivity index (χ3v) is 6.58. The van der Waals surface area contributed by atoms with E-state index in [9.17, 15) is 19.8 Å². The minimum absolute atomic E-state index is 0.0927. The molecule has 1 aromatic carbocycles. The number of ether oxygens (including phenoxy) is 2. The minimum Gasteiger partial charge on any atom is -0.505 e. The van der Waals surface area contributed by atoms with Gasteiger partial charge in [-0.05, 0) is 59.1 Å². The number of aliphatic hydroxyl groups excluding tert-OH is 1. The number of ketones is 1. The summed E-state index contributed by atoms with van der Waals surface area (Å²) >= 11 is 3.30. The lowest BCUT2D eigenvalue weighted by atomic mass is 9.96. The standard InChI is InChI=1S/C24H24BrN3O6/c1-12-6-5-7-27-13(2)18(26-23(12)27)21(30)17-19(28(8-9-33-3)24(32)22(17)31)14-10-15(25)20(29)16(11-14)34-4/h5-7,10-11,19,29-30H,8-9H2,1-4H3. The van der Waals surface area contributed by atoms with Crippen LogP contribution >= 0.6 is 15.9 Å². The van der Waals surface area contributed by atoms with Gasteiger partial charge < -0.3 is 29.0 Å². The Hall–Kier alpha value is -3.37. The fourth-order valence-corrected chi connectivity index (χ4v) is 4.69. The van der Waals surface area contributed by atoms with Crippen LogP contribution in [0.15, 0.2) is 40.5 Å². The van der Waals surface area contributed by atoms with Crippen LogP contribution in [-0.2, 0) is 14.3 Å². The second-order valence-electron chi connectivity index (χ2n) is 7.97. The summed E-state index contributed by atoms with van der Waals surface area (Å²) in [7, 11) is 2.89. The van der Waals surface area contributed by atoms with Gasteiger partial charge in [-0.2, -0.15) is 0 Å². The number of phenolic OH excluding ortho intramolecular Hbond substituents is 1. The number of aliphatic hydroxyl groups is 1. The van der Waals surface area contributed by atoms with E-state index in [1.54, 1.807) is 13.0 Å². The monoisotopic (exact) mass is 529 g/mol. The average Bonchev–Trinajstić information content (AvgIpc) is 3.29. The lowest BCUT2D eigenvalue weighted by molar-refractivity contribution is -0.140. The highest BCUT2D eigenvalue weighted by molar-refractivity contribution is 9.10. The highest BCUT2D eigenvalue weighted by atomic mass is 79.9. The second-order valence-corrected chi connectivity index (χ2v) is 8.82. The van der Waals surface area contributed by atoms with Crippen LogP contribution in [0.25, 0.3) is 11.4 Å². The molecule has 9 nitrogen and oxygen atoms in total. The zero-order valence-electron chi connectivity index (χ0n) is 19.1. The molecule has 1 saturated heterocycles. The molecule has 178 valence electrons. The predicted octanol–water partition coefficient (Wildman–Crippen LogP) is 3.50. The molecule has 34 heavy (non-hydrogen) atoms. The van der Waals surface area contributed by atoms with E-state index in [4.69, 9.17) is 9.47 Å². The topological polar surface area (TPSA) is 114 Å². The van der Waals surface area contributed by atoms with Gasteiger partial charge in [-0.3, -0.25) is 9.59 Å². The number of aryl methyl sites for hydroxylation is 2. The summed E-state index contributed by atoms with van der Waals surface area (Å²) in [6.07, 6.45) is 1.82. The first-order valence-corrected chi connectivity index (χ1v) is 11.3. The smallest absolute Gasteiger partial charge is 0.295 e. The largest absolute Gasteiger partial charge is 0.505 e. The van der Waals surface area contributed by atoms with Crippen molar-refractivity contribution < 1.29 is 29.3 Å². The molecule has 1 fully saturated rings. The summed E-state index contributed by atoms with van der Waals surface area (Å²) < 4.78 is 12.5. The van der Waals surface area contributed by atoms with Gasteiger partial charge in [0.1, 0.15) is 11.3 Å². The fraction of sp³-hybridized carbons (Fsp3) is 0.292. The molecule has 2 N–H and O–H groups in total. The number of aromatic hydroxyl groups is 1. The van der Waals surface area contributed by atoms with Crippen molar-refractivity contribution in [2.24, 2.45) is 0 Å². The number of carbonyl (C=O) groups is 2. The van der Waals surface area contributed by atoms with Gasteiger partial charge in [0, 0.05) is 19.9 Å². The van der Waals surface area contributed by atoms with Crippen molar-refractivity contribution >= 4 is 39.0 Å². The van der Waals surface area contributed by atoms with E-state index in [-0.39, 0.29) is 41.7 Å². The van der Waals surface area contributed by atoms with Crippen LogP contribution in [0.5, 0.6) is 11.5 Å². The molecule has 1 atom stereocenters. The molecule has 1 aliphatic rings. The molecule has 0 saturated carbocycles. The summed E-state index contributed by atoms with van der Waals surface area (Å²) in [4.78, 5) is 32.1. The van der Waals surface area contributed by atoms with Crippen molar-refractivity contribution in [3.8, 4) is 11.5 Å². The number of imidazole rings is 1. The third-order valence-electron chi connectivity index (χ3n) is 5.97. The molecule has 1 unspecified atom stereocenters. The zero-order valence-corrected chi connectivity index (χ0v) is 20.7. The number of halogens is 1. The summed E-state index contributed by atoms with van der Waals surface area (Å²) in [6, 6.07) is 5.94. The molecule has 2 aromatic heterocycles. The Morgan fingerprint density at radius 1 is 1.24 bits per heavy atom. The van der Waals surface area contributed by atoms with E-state index >= 15 is 0 Å². The SMILES string of the molecule is COCCN1C(=O)C(=O)C(=C(O)c2nc3c(C)cccn3c2C)C1c1cc(Br)c(O)c(OC)c1. The van der Waals surface area contributed by atoms with Gasteiger partial charge in [0.15, 0.2) is 17.3 Å². The number of phenols is 1. The van der Waals surface area contributed by atoms with E-state index in [0.29, 0.717) is 21.4 Å². The van der Waals surface area contributed by atoms with Gasteiger partial charge in [-0.15, -0.1) is 0 Å². The summed E-state index contributed by atoms with van der Waals surface area (Å²) in [5.74, 6) is -1.92. The molecule has 4 rings (SSSR count). The molecular formula is C24H24BrN3O6. The van der Waals surface area contributed by atoms with Crippen LogP contribution in [0.3, 0.4) is 0 Å². The molecule has 0 spiro atoms. The molecule has 1 amide bonds. The Morgan fingerprint density at radius 2 is 1.97 bits per heavy atom. The van der Waals surface area contributed by atoms with Crippen LogP contribution in [0.4, 0.5) is 0 Å². The first kappa shape index (κ1) is 23.8. The Balaban J connectivity index is 1.97. The molecule has 0 bridgehead atoms. The number of amides is 1. The van der Waals surface area contributed by atoms with Crippen molar-refractivity contribution in [1.29, 1.82) is 0 Å². The van der Waals surface area contributed by atoms with Crippen molar-refractivity contribution in [3.63, 3.8) is 0 Å². The average molecular weight is 530 g/mol. The van der Waals surface area contributed by atoms with Crippen molar-refractivity contribution in [2.75, 3.05) is 27.4 Å². The number of aromatic nitrogens is 2.